The van der Waals surface area contributed by atoms with E-state index in [0.29, 0.717) is 54.6 Å². The molecule has 1 aromatic carbocycles. The molecular formula is C32H44N6O3. The number of nitrogens with zero attached hydrogens (tertiary/aromatic N) is 6. The fourth-order valence-corrected chi connectivity index (χ4v) is 6.64. The van der Waals surface area contributed by atoms with Crippen LogP contribution in [0.25, 0.3) is 11.4 Å². The minimum Gasteiger partial charge on any atom is -0.382 e. The van der Waals surface area contributed by atoms with Crippen molar-refractivity contribution in [2.45, 2.75) is 77.5 Å². The molecule has 0 radical (unpaired) electrons. The maximum atomic E-state index is 12.6. The highest BCUT2D eigenvalue weighted by atomic mass is 16.3. The lowest BCUT2D eigenvalue weighted by Gasteiger charge is -2.55. The van der Waals surface area contributed by atoms with Crippen LogP contribution < -0.4 is 0 Å². The van der Waals surface area contributed by atoms with E-state index < -0.39 is 16.6 Å². The van der Waals surface area contributed by atoms with E-state index in [1.54, 1.807) is 28.9 Å². The Morgan fingerprint density at radius 3 is 2.20 bits per heavy atom. The second-order valence-corrected chi connectivity index (χ2v) is 13.0. The van der Waals surface area contributed by atoms with Crippen LogP contribution in [-0.4, -0.2) is 78.9 Å². The fourth-order valence-electron chi connectivity index (χ4n) is 6.64. The molecule has 0 spiro atoms. The van der Waals surface area contributed by atoms with E-state index in [9.17, 15) is 15.0 Å². The molecule has 2 N–H and O–H groups in total. The number of amides is 1. The minimum atomic E-state index is -1.28. The van der Waals surface area contributed by atoms with Gasteiger partial charge in [-0.3, -0.25) is 9.78 Å². The van der Waals surface area contributed by atoms with Crippen LogP contribution in [0, 0.1) is 5.41 Å². The Hall–Kier alpha value is -3.14. The Morgan fingerprint density at radius 1 is 1.02 bits per heavy atom. The van der Waals surface area contributed by atoms with Crippen molar-refractivity contribution < 1.29 is 15.0 Å². The van der Waals surface area contributed by atoms with Gasteiger partial charge in [0, 0.05) is 80.9 Å². The molecule has 2 aromatic heterocycles. The first-order valence-corrected chi connectivity index (χ1v) is 14.7. The number of hydrogen-bond donors (Lipinski definition) is 2. The summed E-state index contributed by atoms with van der Waals surface area (Å²) in [6.07, 6.45) is 4.25. The van der Waals surface area contributed by atoms with Crippen LogP contribution in [0.5, 0.6) is 0 Å². The lowest BCUT2D eigenvalue weighted by molar-refractivity contribution is -0.133. The summed E-state index contributed by atoms with van der Waals surface area (Å²) in [5.41, 5.74) is 0.553. The van der Waals surface area contributed by atoms with Gasteiger partial charge in [0.1, 0.15) is 11.2 Å². The molecule has 3 aromatic rings. The highest BCUT2D eigenvalue weighted by Gasteiger charge is 2.55. The molecule has 2 aliphatic rings. The van der Waals surface area contributed by atoms with Crippen molar-refractivity contribution in [3.8, 4) is 11.4 Å². The number of carbonyl (C=O) groups is 1. The van der Waals surface area contributed by atoms with Crippen LogP contribution in [0.4, 0.5) is 0 Å². The van der Waals surface area contributed by atoms with Crippen LogP contribution in [0.3, 0.4) is 0 Å². The Bertz CT molecular complexity index is 1400. The first kappa shape index (κ1) is 29.4. The third kappa shape index (κ3) is 5.08. The number of piperidine rings is 1. The van der Waals surface area contributed by atoms with Crippen molar-refractivity contribution in [1.29, 1.82) is 0 Å². The highest BCUT2D eigenvalue weighted by molar-refractivity contribution is 5.73. The molecule has 2 aliphatic heterocycles. The van der Waals surface area contributed by atoms with Gasteiger partial charge in [-0.2, -0.15) is 5.10 Å². The van der Waals surface area contributed by atoms with Gasteiger partial charge >= 0.3 is 0 Å². The van der Waals surface area contributed by atoms with Crippen LogP contribution >= 0.6 is 0 Å². The average Bonchev–Trinajstić information content (AvgIpc) is 3.39. The molecule has 1 amide bonds. The lowest BCUT2D eigenvalue weighted by atomic mass is 9.62. The van der Waals surface area contributed by atoms with E-state index in [4.69, 9.17) is 10.1 Å². The minimum absolute atomic E-state index is 0.0126. The van der Waals surface area contributed by atoms with Gasteiger partial charge in [-0.1, -0.05) is 45.0 Å². The molecule has 2 fully saturated rings. The zero-order valence-corrected chi connectivity index (χ0v) is 25.4. The van der Waals surface area contributed by atoms with E-state index in [-0.39, 0.29) is 11.9 Å². The molecular weight excluding hydrogens is 516 g/mol. The van der Waals surface area contributed by atoms with Crippen molar-refractivity contribution in [3.63, 3.8) is 0 Å². The summed E-state index contributed by atoms with van der Waals surface area (Å²) in [6, 6.07) is 10.2. The van der Waals surface area contributed by atoms with Crippen LogP contribution in [0.2, 0.25) is 0 Å². The van der Waals surface area contributed by atoms with Gasteiger partial charge in [-0.05, 0) is 44.0 Å². The summed E-state index contributed by atoms with van der Waals surface area (Å²) in [7, 11) is 2.06. The number of carbonyl (C=O) groups excluding carboxylic acids is 1. The van der Waals surface area contributed by atoms with E-state index in [2.05, 4.69) is 49.8 Å². The molecule has 9 heteroatoms. The zero-order valence-electron chi connectivity index (χ0n) is 25.4. The van der Waals surface area contributed by atoms with Crippen molar-refractivity contribution in [2.24, 2.45) is 5.41 Å². The predicted octanol–water partition coefficient (Wildman–Crippen LogP) is 4.06. The Morgan fingerprint density at radius 2 is 1.66 bits per heavy atom. The molecule has 9 nitrogen and oxygen atoms in total. The fraction of sp³-hybridized carbons (Fsp3) is 0.562. The molecule has 0 bridgehead atoms. The summed E-state index contributed by atoms with van der Waals surface area (Å²) in [6.45, 7) is 14.5. The van der Waals surface area contributed by atoms with Crippen LogP contribution in [-0.2, 0) is 16.0 Å². The number of rotatable bonds is 7. The zero-order chi connectivity index (χ0) is 29.7. The Balaban J connectivity index is 1.56. The largest absolute Gasteiger partial charge is 0.382 e. The van der Waals surface area contributed by atoms with Gasteiger partial charge in [-0.15, -0.1) is 0 Å². The Labute approximate surface area is 243 Å². The van der Waals surface area contributed by atoms with Crippen molar-refractivity contribution in [3.05, 3.63) is 65.2 Å². The van der Waals surface area contributed by atoms with E-state index >= 15 is 0 Å². The third-order valence-electron chi connectivity index (χ3n) is 9.09. The number of likely N-dealkylation sites (tertiary alicyclic amines) is 2. The van der Waals surface area contributed by atoms with Gasteiger partial charge in [-0.25, -0.2) is 9.67 Å². The summed E-state index contributed by atoms with van der Waals surface area (Å²) < 4.78 is 1.78. The van der Waals surface area contributed by atoms with Crippen LogP contribution in [0.1, 0.15) is 88.9 Å². The quantitative estimate of drug-likeness (QED) is 0.449. The molecule has 2 saturated heterocycles. The van der Waals surface area contributed by atoms with Gasteiger partial charge in [0.2, 0.25) is 5.91 Å². The maximum absolute atomic E-state index is 12.6. The normalized spacial score (nSPS) is 20.2. The highest BCUT2D eigenvalue weighted by Crippen LogP contribution is 2.50. The van der Waals surface area contributed by atoms with Gasteiger partial charge < -0.3 is 20.0 Å². The number of pyridine rings is 1. The monoisotopic (exact) mass is 560 g/mol. The third-order valence-corrected chi connectivity index (χ3v) is 9.09. The van der Waals surface area contributed by atoms with Crippen molar-refractivity contribution in [1.82, 2.24) is 29.5 Å². The summed E-state index contributed by atoms with van der Waals surface area (Å²) >= 11 is 0. The van der Waals surface area contributed by atoms with Crippen molar-refractivity contribution >= 4 is 5.91 Å². The first-order chi connectivity index (χ1) is 19.3. The average molecular weight is 561 g/mol. The predicted molar refractivity (Wildman–Crippen MR) is 158 cm³/mol. The SMILES string of the molecule is CC(=O)N1CCC(O)(c2nc(-c3cncc(C(O)(c4ccc(C(C)C)cc4)C4(C)CN(C)C4)c3)nn2C(C)C)CC1. The standard InChI is InChI=1S/C32H44N6O3/c1-21(2)24-8-10-26(11-9-24)32(41,30(6)19-36(7)20-30)27-16-25(17-33-18-27)28-34-29(38(35-28)22(3)4)31(40)12-14-37(15-13-31)23(5)39/h8-11,16-18,21-22,40-41H,12-15,19-20H2,1-7H3. The Kier molecular flexibility index (Phi) is 7.59. The lowest BCUT2D eigenvalue weighted by Crippen LogP contribution is -2.63. The van der Waals surface area contributed by atoms with Gasteiger partial charge in [0.15, 0.2) is 11.6 Å². The second-order valence-electron chi connectivity index (χ2n) is 13.0. The smallest absolute Gasteiger partial charge is 0.219 e. The molecule has 1 unspecified atom stereocenters. The molecule has 5 rings (SSSR count). The summed E-state index contributed by atoms with van der Waals surface area (Å²) in [5.74, 6) is 1.37. The van der Waals surface area contributed by atoms with Crippen molar-refractivity contribution in [2.75, 3.05) is 33.2 Å². The molecule has 0 saturated carbocycles. The maximum Gasteiger partial charge on any atom is 0.219 e. The van der Waals surface area contributed by atoms with E-state index in [1.165, 1.54) is 5.56 Å². The van der Waals surface area contributed by atoms with E-state index in [1.807, 2.05) is 32.0 Å². The van der Waals surface area contributed by atoms with Crippen LogP contribution in [0.15, 0.2) is 42.7 Å². The number of aliphatic hydroxyl groups is 2. The molecule has 41 heavy (non-hydrogen) atoms. The molecule has 0 aliphatic carbocycles. The summed E-state index contributed by atoms with van der Waals surface area (Å²) in [5, 5.41) is 29.1. The topological polar surface area (TPSA) is 108 Å². The molecule has 1 atom stereocenters. The molecule has 220 valence electrons. The van der Waals surface area contributed by atoms with E-state index in [0.717, 1.165) is 18.7 Å². The number of hydrogen-bond acceptors (Lipinski definition) is 7. The van der Waals surface area contributed by atoms with Gasteiger partial charge in [0.05, 0.1) is 0 Å². The summed E-state index contributed by atoms with van der Waals surface area (Å²) in [4.78, 5) is 25.3. The van der Waals surface area contributed by atoms with Gasteiger partial charge in [0.25, 0.3) is 0 Å². The second kappa shape index (κ2) is 10.6. The first-order valence-electron chi connectivity index (χ1n) is 14.7. The number of aromatic nitrogens is 4. The molecule has 4 heterocycles. The number of benzene rings is 1.